The van der Waals surface area contributed by atoms with Gasteiger partial charge in [-0.05, 0) is 13.0 Å². The number of benzene rings is 1. The standard InChI is InChI=1S/C11H16N2O3/c1-3-16-9(14)6-7-4-5-8(12)10(13)11(7)15-2/h4-5H,3,6,12-13H2,1-2H3. The third-order valence-corrected chi connectivity index (χ3v) is 2.16. The maximum Gasteiger partial charge on any atom is 0.310 e. The van der Waals surface area contributed by atoms with Gasteiger partial charge >= 0.3 is 5.97 Å². The molecule has 88 valence electrons. The zero-order valence-corrected chi connectivity index (χ0v) is 9.45. The number of methoxy groups -OCH3 is 1. The van der Waals surface area contributed by atoms with E-state index in [9.17, 15) is 4.79 Å². The minimum absolute atomic E-state index is 0.126. The van der Waals surface area contributed by atoms with Crippen LogP contribution in [0.25, 0.3) is 0 Å². The molecular weight excluding hydrogens is 208 g/mol. The van der Waals surface area contributed by atoms with Crippen molar-refractivity contribution in [1.82, 2.24) is 0 Å². The minimum atomic E-state index is -0.315. The van der Waals surface area contributed by atoms with Gasteiger partial charge in [-0.15, -0.1) is 0 Å². The van der Waals surface area contributed by atoms with Gasteiger partial charge in [0.05, 0.1) is 31.5 Å². The first-order valence-corrected chi connectivity index (χ1v) is 4.96. The summed E-state index contributed by atoms with van der Waals surface area (Å²) in [5.74, 6) is 0.123. The second-order valence-electron chi connectivity index (χ2n) is 3.24. The smallest absolute Gasteiger partial charge is 0.310 e. The number of esters is 1. The lowest BCUT2D eigenvalue weighted by Gasteiger charge is -2.12. The van der Waals surface area contributed by atoms with Crippen molar-refractivity contribution >= 4 is 17.3 Å². The molecule has 0 fully saturated rings. The third-order valence-electron chi connectivity index (χ3n) is 2.16. The molecule has 1 aromatic rings. The van der Waals surface area contributed by atoms with E-state index in [0.29, 0.717) is 29.3 Å². The number of ether oxygens (including phenoxy) is 2. The van der Waals surface area contributed by atoms with E-state index in [1.165, 1.54) is 7.11 Å². The molecule has 4 N–H and O–H groups in total. The van der Waals surface area contributed by atoms with Crippen molar-refractivity contribution in [2.75, 3.05) is 25.2 Å². The number of rotatable bonds is 4. The fraction of sp³-hybridized carbons (Fsp3) is 0.364. The van der Waals surface area contributed by atoms with Gasteiger partial charge in [0.15, 0.2) is 0 Å². The Morgan fingerprint density at radius 2 is 2.06 bits per heavy atom. The van der Waals surface area contributed by atoms with Crippen LogP contribution in [0.4, 0.5) is 11.4 Å². The Morgan fingerprint density at radius 3 is 2.62 bits per heavy atom. The average Bonchev–Trinajstić information content (AvgIpc) is 2.24. The molecule has 0 saturated carbocycles. The summed E-state index contributed by atoms with van der Waals surface area (Å²) in [5, 5.41) is 0. The molecule has 0 bridgehead atoms. The molecule has 1 rings (SSSR count). The third kappa shape index (κ3) is 2.56. The summed E-state index contributed by atoms with van der Waals surface area (Å²) >= 11 is 0. The van der Waals surface area contributed by atoms with Crippen LogP contribution in [0.2, 0.25) is 0 Å². The van der Waals surface area contributed by atoms with E-state index in [2.05, 4.69) is 0 Å². The molecule has 0 spiro atoms. The van der Waals surface area contributed by atoms with Crippen LogP contribution in [0, 0.1) is 0 Å². The molecular formula is C11H16N2O3. The van der Waals surface area contributed by atoms with E-state index < -0.39 is 0 Å². The summed E-state index contributed by atoms with van der Waals surface area (Å²) < 4.78 is 9.97. The first-order chi connectivity index (χ1) is 7.60. The minimum Gasteiger partial charge on any atom is -0.494 e. The van der Waals surface area contributed by atoms with Crippen molar-refractivity contribution < 1.29 is 14.3 Å². The molecule has 0 unspecified atom stereocenters. The second-order valence-corrected chi connectivity index (χ2v) is 3.24. The molecule has 5 nitrogen and oxygen atoms in total. The topological polar surface area (TPSA) is 87.6 Å². The zero-order chi connectivity index (χ0) is 12.1. The second kappa shape index (κ2) is 5.25. The number of hydrogen-bond acceptors (Lipinski definition) is 5. The summed E-state index contributed by atoms with van der Waals surface area (Å²) in [7, 11) is 1.49. The Kier molecular flexibility index (Phi) is 3.99. The maximum atomic E-state index is 11.3. The zero-order valence-electron chi connectivity index (χ0n) is 9.45. The quantitative estimate of drug-likeness (QED) is 0.587. The number of nitrogens with two attached hydrogens (primary N) is 2. The van der Waals surface area contributed by atoms with E-state index in [4.69, 9.17) is 20.9 Å². The summed E-state index contributed by atoms with van der Waals surface area (Å²) in [5.41, 5.74) is 12.8. The van der Waals surface area contributed by atoms with Crippen LogP contribution in [0.3, 0.4) is 0 Å². The lowest BCUT2D eigenvalue weighted by atomic mass is 10.1. The van der Waals surface area contributed by atoms with E-state index in [1.54, 1.807) is 19.1 Å². The lowest BCUT2D eigenvalue weighted by molar-refractivity contribution is -0.142. The molecule has 0 amide bonds. The monoisotopic (exact) mass is 224 g/mol. The van der Waals surface area contributed by atoms with Gasteiger partial charge in [0, 0.05) is 5.56 Å². The molecule has 0 saturated heterocycles. The number of carbonyl (C=O) groups excluding carboxylic acids is 1. The van der Waals surface area contributed by atoms with Crippen LogP contribution < -0.4 is 16.2 Å². The fourth-order valence-electron chi connectivity index (χ4n) is 1.41. The fourth-order valence-corrected chi connectivity index (χ4v) is 1.41. The molecule has 0 aliphatic heterocycles. The molecule has 5 heteroatoms. The van der Waals surface area contributed by atoms with Crippen molar-refractivity contribution in [2.45, 2.75) is 13.3 Å². The van der Waals surface area contributed by atoms with Gasteiger partial charge in [-0.3, -0.25) is 4.79 Å². The van der Waals surface area contributed by atoms with Gasteiger partial charge in [-0.2, -0.15) is 0 Å². The van der Waals surface area contributed by atoms with Crippen molar-refractivity contribution in [3.8, 4) is 5.75 Å². The van der Waals surface area contributed by atoms with E-state index >= 15 is 0 Å². The summed E-state index contributed by atoms with van der Waals surface area (Å²) in [6, 6.07) is 3.36. The van der Waals surface area contributed by atoms with Crippen LogP contribution in [0.15, 0.2) is 12.1 Å². The van der Waals surface area contributed by atoms with Gasteiger partial charge in [0.1, 0.15) is 5.75 Å². The largest absolute Gasteiger partial charge is 0.494 e. The van der Waals surface area contributed by atoms with E-state index in [1.807, 2.05) is 0 Å². The molecule has 0 aliphatic carbocycles. The predicted octanol–water partition coefficient (Wildman–Crippen LogP) is 0.965. The highest BCUT2D eigenvalue weighted by molar-refractivity contribution is 5.79. The number of carbonyl (C=O) groups is 1. The SMILES string of the molecule is CCOC(=O)Cc1ccc(N)c(N)c1OC. The molecule has 16 heavy (non-hydrogen) atoms. The highest BCUT2D eigenvalue weighted by atomic mass is 16.5. The van der Waals surface area contributed by atoms with Crippen LogP contribution in [-0.2, 0) is 16.0 Å². The lowest BCUT2D eigenvalue weighted by Crippen LogP contribution is -2.10. The normalized spacial score (nSPS) is 9.88. The maximum absolute atomic E-state index is 11.3. The van der Waals surface area contributed by atoms with Crippen molar-refractivity contribution in [3.05, 3.63) is 17.7 Å². The Hall–Kier alpha value is -1.91. The van der Waals surface area contributed by atoms with E-state index in [-0.39, 0.29) is 12.4 Å². The highest BCUT2D eigenvalue weighted by Crippen LogP contribution is 2.31. The van der Waals surface area contributed by atoms with Crippen molar-refractivity contribution in [3.63, 3.8) is 0 Å². The Morgan fingerprint density at radius 1 is 1.38 bits per heavy atom. The first-order valence-electron chi connectivity index (χ1n) is 4.96. The van der Waals surface area contributed by atoms with Gasteiger partial charge in [0.25, 0.3) is 0 Å². The Bertz CT molecular complexity index is 391. The highest BCUT2D eigenvalue weighted by Gasteiger charge is 2.13. The molecule has 0 atom stereocenters. The summed E-state index contributed by atoms with van der Waals surface area (Å²) in [4.78, 5) is 11.3. The van der Waals surface area contributed by atoms with Gasteiger partial charge in [-0.25, -0.2) is 0 Å². The van der Waals surface area contributed by atoms with Gasteiger partial charge < -0.3 is 20.9 Å². The van der Waals surface area contributed by atoms with Gasteiger partial charge in [0.2, 0.25) is 0 Å². The van der Waals surface area contributed by atoms with Crippen LogP contribution in [-0.4, -0.2) is 19.7 Å². The molecule has 0 aliphatic rings. The van der Waals surface area contributed by atoms with Crippen LogP contribution >= 0.6 is 0 Å². The number of hydrogen-bond donors (Lipinski definition) is 2. The Balaban J connectivity index is 2.96. The summed E-state index contributed by atoms with van der Waals surface area (Å²) in [6.45, 7) is 2.11. The van der Waals surface area contributed by atoms with Crippen LogP contribution in [0.5, 0.6) is 5.75 Å². The first kappa shape index (κ1) is 12.2. The Labute approximate surface area is 94.3 Å². The predicted molar refractivity (Wildman–Crippen MR) is 62.2 cm³/mol. The average molecular weight is 224 g/mol. The number of nitrogen functional groups attached to an aromatic ring is 2. The molecule has 1 aromatic carbocycles. The summed E-state index contributed by atoms with van der Waals surface area (Å²) in [6.07, 6.45) is 0.126. The van der Waals surface area contributed by atoms with Crippen molar-refractivity contribution in [2.24, 2.45) is 0 Å². The molecule has 0 radical (unpaired) electrons. The number of anilines is 2. The molecule has 0 heterocycles. The van der Waals surface area contributed by atoms with Crippen LogP contribution in [0.1, 0.15) is 12.5 Å². The molecule has 0 aromatic heterocycles. The van der Waals surface area contributed by atoms with Crippen molar-refractivity contribution in [1.29, 1.82) is 0 Å². The van der Waals surface area contributed by atoms with E-state index in [0.717, 1.165) is 0 Å². The van der Waals surface area contributed by atoms with Gasteiger partial charge in [-0.1, -0.05) is 6.07 Å².